The highest BCUT2D eigenvalue weighted by molar-refractivity contribution is 5.73. The zero-order valence-electron chi connectivity index (χ0n) is 9.16. The van der Waals surface area contributed by atoms with Gasteiger partial charge in [0.05, 0.1) is 6.04 Å². The molecule has 15 heavy (non-hydrogen) atoms. The molecule has 0 aliphatic rings. The minimum atomic E-state index is -0.0808. The number of fused-ring (bicyclic) bond motifs is 1. The van der Waals surface area contributed by atoms with Crippen molar-refractivity contribution in [1.29, 1.82) is 0 Å². The van der Waals surface area contributed by atoms with Crippen molar-refractivity contribution in [3.63, 3.8) is 0 Å². The molecule has 1 aromatic heterocycles. The predicted molar refractivity (Wildman–Crippen MR) is 60.6 cm³/mol. The molecule has 0 fully saturated rings. The van der Waals surface area contributed by atoms with Crippen LogP contribution >= 0.6 is 0 Å². The van der Waals surface area contributed by atoms with Crippen LogP contribution in [0.1, 0.15) is 37.3 Å². The highest BCUT2D eigenvalue weighted by Crippen LogP contribution is 2.22. The fourth-order valence-electron chi connectivity index (χ4n) is 1.65. The standard InChI is InChI=1S/C12H16N2O/c1-3-4-9(13)12-14-10-7-8(2)5-6-11(10)15-12/h5-7,9H,3-4,13H2,1-2H3. The summed E-state index contributed by atoms with van der Waals surface area (Å²) in [4.78, 5) is 4.40. The second-order valence-corrected chi connectivity index (χ2v) is 3.92. The van der Waals surface area contributed by atoms with Gasteiger partial charge in [0.2, 0.25) is 5.89 Å². The van der Waals surface area contributed by atoms with Crippen molar-refractivity contribution in [2.24, 2.45) is 5.73 Å². The van der Waals surface area contributed by atoms with Crippen LogP contribution in [0.2, 0.25) is 0 Å². The Balaban J connectivity index is 2.38. The van der Waals surface area contributed by atoms with Gasteiger partial charge in [-0.15, -0.1) is 0 Å². The van der Waals surface area contributed by atoms with E-state index in [0.717, 1.165) is 23.9 Å². The Morgan fingerprint density at radius 3 is 3.00 bits per heavy atom. The first-order chi connectivity index (χ1) is 7.20. The summed E-state index contributed by atoms with van der Waals surface area (Å²) in [6, 6.07) is 5.89. The predicted octanol–water partition coefficient (Wildman–Crippen LogP) is 2.94. The summed E-state index contributed by atoms with van der Waals surface area (Å²) in [5.74, 6) is 0.650. The van der Waals surface area contributed by atoms with Gasteiger partial charge in [0.25, 0.3) is 0 Å². The molecule has 0 aliphatic carbocycles. The van der Waals surface area contributed by atoms with Gasteiger partial charge in [0.1, 0.15) is 5.52 Å². The Morgan fingerprint density at radius 2 is 2.27 bits per heavy atom. The molecule has 0 saturated carbocycles. The number of nitrogens with zero attached hydrogens (tertiary/aromatic N) is 1. The van der Waals surface area contributed by atoms with Crippen LogP contribution in [0.15, 0.2) is 22.6 Å². The van der Waals surface area contributed by atoms with E-state index in [4.69, 9.17) is 10.2 Å². The lowest BCUT2D eigenvalue weighted by molar-refractivity contribution is 0.456. The third kappa shape index (κ3) is 2.02. The van der Waals surface area contributed by atoms with Crippen LogP contribution in [0.5, 0.6) is 0 Å². The van der Waals surface area contributed by atoms with Crippen molar-refractivity contribution in [2.45, 2.75) is 32.7 Å². The van der Waals surface area contributed by atoms with Gasteiger partial charge in [-0.2, -0.15) is 0 Å². The summed E-state index contributed by atoms with van der Waals surface area (Å²) in [5, 5.41) is 0. The molecular weight excluding hydrogens is 188 g/mol. The molecule has 2 aromatic rings. The van der Waals surface area contributed by atoms with E-state index < -0.39 is 0 Å². The van der Waals surface area contributed by atoms with Gasteiger partial charge in [-0.1, -0.05) is 19.4 Å². The molecule has 1 heterocycles. The van der Waals surface area contributed by atoms with Crippen molar-refractivity contribution in [3.8, 4) is 0 Å². The van der Waals surface area contributed by atoms with E-state index in [-0.39, 0.29) is 6.04 Å². The van der Waals surface area contributed by atoms with Gasteiger partial charge < -0.3 is 10.2 Å². The first-order valence-corrected chi connectivity index (χ1v) is 5.33. The minimum Gasteiger partial charge on any atom is -0.439 e. The number of oxazole rings is 1. The molecule has 1 atom stereocenters. The molecule has 0 amide bonds. The number of aromatic nitrogens is 1. The Kier molecular flexibility index (Phi) is 2.73. The zero-order chi connectivity index (χ0) is 10.8. The molecule has 80 valence electrons. The number of hydrogen-bond donors (Lipinski definition) is 1. The number of rotatable bonds is 3. The van der Waals surface area contributed by atoms with Crippen molar-refractivity contribution in [1.82, 2.24) is 4.98 Å². The summed E-state index contributed by atoms with van der Waals surface area (Å²) < 4.78 is 5.60. The van der Waals surface area contributed by atoms with Crippen LogP contribution in [-0.2, 0) is 0 Å². The van der Waals surface area contributed by atoms with Gasteiger partial charge in [-0.3, -0.25) is 0 Å². The fourth-order valence-corrected chi connectivity index (χ4v) is 1.65. The molecule has 2 N–H and O–H groups in total. The lowest BCUT2D eigenvalue weighted by Gasteiger charge is -2.03. The molecule has 3 nitrogen and oxygen atoms in total. The monoisotopic (exact) mass is 204 g/mol. The lowest BCUT2D eigenvalue weighted by atomic mass is 10.2. The maximum Gasteiger partial charge on any atom is 0.212 e. The zero-order valence-corrected chi connectivity index (χ0v) is 9.16. The van der Waals surface area contributed by atoms with Crippen molar-refractivity contribution >= 4 is 11.1 Å². The average Bonchev–Trinajstić information content (AvgIpc) is 2.60. The molecule has 2 rings (SSSR count). The normalized spacial score (nSPS) is 13.3. The Bertz CT molecular complexity index is 462. The fraction of sp³-hybridized carbons (Fsp3) is 0.417. The highest BCUT2D eigenvalue weighted by atomic mass is 16.3. The van der Waals surface area contributed by atoms with Gasteiger partial charge in [-0.05, 0) is 31.0 Å². The number of aryl methyl sites for hydroxylation is 1. The molecule has 0 bridgehead atoms. The topological polar surface area (TPSA) is 52.0 Å². The van der Waals surface area contributed by atoms with E-state index in [1.54, 1.807) is 0 Å². The molecule has 3 heteroatoms. The SMILES string of the molecule is CCCC(N)c1nc2cc(C)ccc2o1. The van der Waals surface area contributed by atoms with Crippen molar-refractivity contribution in [2.75, 3.05) is 0 Å². The maximum absolute atomic E-state index is 5.95. The van der Waals surface area contributed by atoms with E-state index in [9.17, 15) is 0 Å². The quantitative estimate of drug-likeness (QED) is 0.836. The summed E-state index contributed by atoms with van der Waals surface area (Å²) in [5.41, 5.74) is 8.86. The summed E-state index contributed by atoms with van der Waals surface area (Å²) in [6.45, 7) is 4.15. The lowest BCUT2D eigenvalue weighted by Crippen LogP contribution is -2.09. The van der Waals surface area contributed by atoms with E-state index in [1.807, 2.05) is 25.1 Å². The van der Waals surface area contributed by atoms with Gasteiger partial charge in [0, 0.05) is 0 Å². The number of benzene rings is 1. The van der Waals surface area contributed by atoms with Crippen LogP contribution in [0.4, 0.5) is 0 Å². The Labute approximate surface area is 89.3 Å². The van der Waals surface area contributed by atoms with Gasteiger partial charge in [0.15, 0.2) is 5.58 Å². The van der Waals surface area contributed by atoms with Crippen molar-refractivity contribution in [3.05, 3.63) is 29.7 Å². The van der Waals surface area contributed by atoms with Crippen LogP contribution in [0, 0.1) is 6.92 Å². The van der Waals surface area contributed by atoms with Crippen LogP contribution in [0.25, 0.3) is 11.1 Å². The largest absolute Gasteiger partial charge is 0.439 e. The first-order valence-electron chi connectivity index (χ1n) is 5.33. The Hall–Kier alpha value is -1.35. The van der Waals surface area contributed by atoms with E-state index in [1.165, 1.54) is 5.56 Å². The third-order valence-electron chi connectivity index (χ3n) is 2.48. The highest BCUT2D eigenvalue weighted by Gasteiger charge is 2.12. The molecule has 1 aromatic carbocycles. The summed E-state index contributed by atoms with van der Waals surface area (Å²) in [6.07, 6.45) is 1.95. The van der Waals surface area contributed by atoms with Crippen LogP contribution in [0.3, 0.4) is 0 Å². The molecular formula is C12H16N2O. The van der Waals surface area contributed by atoms with E-state index >= 15 is 0 Å². The minimum absolute atomic E-state index is 0.0808. The first kappa shape index (κ1) is 10.2. The molecule has 0 spiro atoms. The molecule has 1 unspecified atom stereocenters. The van der Waals surface area contributed by atoms with Crippen LogP contribution in [-0.4, -0.2) is 4.98 Å². The molecule has 0 saturated heterocycles. The second kappa shape index (κ2) is 4.03. The summed E-state index contributed by atoms with van der Waals surface area (Å²) in [7, 11) is 0. The average molecular weight is 204 g/mol. The van der Waals surface area contributed by atoms with Crippen molar-refractivity contribution < 1.29 is 4.42 Å². The number of nitrogens with two attached hydrogens (primary N) is 1. The van der Waals surface area contributed by atoms with E-state index in [2.05, 4.69) is 11.9 Å². The number of hydrogen-bond acceptors (Lipinski definition) is 3. The second-order valence-electron chi connectivity index (χ2n) is 3.92. The summed E-state index contributed by atoms with van der Waals surface area (Å²) >= 11 is 0. The van der Waals surface area contributed by atoms with Gasteiger partial charge in [-0.25, -0.2) is 4.98 Å². The van der Waals surface area contributed by atoms with Gasteiger partial charge >= 0.3 is 0 Å². The molecule has 0 aliphatic heterocycles. The smallest absolute Gasteiger partial charge is 0.212 e. The maximum atomic E-state index is 5.95. The van der Waals surface area contributed by atoms with Crippen LogP contribution < -0.4 is 5.73 Å². The Morgan fingerprint density at radius 1 is 1.47 bits per heavy atom. The molecule has 0 radical (unpaired) electrons. The van der Waals surface area contributed by atoms with E-state index in [0.29, 0.717) is 5.89 Å². The third-order valence-corrected chi connectivity index (χ3v) is 2.48.